The van der Waals surface area contributed by atoms with E-state index in [9.17, 15) is 4.79 Å². The summed E-state index contributed by atoms with van der Waals surface area (Å²) >= 11 is 1.64. The molecule has 2 aromatic rings. The number of likely N-dealkylation sites (N-methyl/N-ethyl adjacent to an activating group) is 1. The summed E-state index contributed by atoms with van der Waals surface area (Å²) in [5.41, 5.74) is 8.38. The average molecular weight is 288 g/mol. The molecule has 0 fully saturated rings. The molecule has 1 amide bonds. The van der Waals surface area contributed by atoms with Crippen molar-refractivity contribution in [2.45, 2.75) is 25.4 Å². The normalized spacial score (nSPS) is 12.1. The van der Waals surface area contributed by atoms with E-state index < -0.39 is 6.04 Å². The molecule has 4 heteroatoms. The molecule has 2 rings (SSSR count). The van der Waals surface area contributed by atoms with Crippen molar-refractivity contribution < 1.29 is 4.79 Å². The molecule has 1 aromatic heterocycles. The number of rotatable bonds is 6. The Hall–Kier alpha value is -1.65. The number of carbonyl (C=O) groups is 1. The van der Waals surface area contributed by atoms with E-state index in [-0.39, 0.29) is 5.91 Å². The van der Waals surface area contributed by atoms with Crippen molar-refractivity contribution in [2.75, 3.05) is 7.05 Å². The van der Waals surface area contributed by atoms with Crippen LogP contribution in [-0.4, -0.2) is 23.9 Å². The molecule has 0 unspecified atom stereocenters. The van der Waals surface area contributed by atoms with Crippen LogP contribution < -0.4 is 5.73 Å². The lowest BCUT2D eigenvalue weighted by Crippen LogP contribution is -2.41. The van der Waals surface area contributed by atoms with Gasteiger partial charge in [-0.2, -0.15) is 11.3 Å². The summed E-state index contributed by atoms with van der Waals surface area (Å²) in [6, 6.07) is 11.7. The van der Waals surface area contributed by atoms with Gasteiger partial charge in [-0.05, 0) is 40.8 Å². The standard InChI is InChI=1S/C16H20N2OS/c1-18(11-14-9-10-20-12-14)16(19)15(17)8-7-13-5-3-2-4-6-13/h2-6,9-10,12,15H,7-8,11,17H2,1H3/t15-/m0/s1. The van der Waals surface area contributed by atoms with E-state index in [1.165, 1.54) is 5.56 Å². The molecule has 0 saturated carbocycles. The highest BCUT2D eigenvalue weighted by molar-refractivity contribution is 7.07. The minimum Gasteiger partial charge on any atom is -0.340 e. The molecule has 0 aliphatic rings. The smallest absolute Gasteiger partial charge is 0.239 e. The minimum absolute atomic E-state index is 0.00660. The van der Waals surface area contributed by atoms with Gasteiger partial charge in [-0.15, -0.1) is 0 Å². The predicted molar refractivity (Wildman–Crippen MR) is 83.5 cm³/mol. The molecule has 0 radical (unpaired) electrons. The number of benzene rings is 1. The molecule has 0 aliphatic heterocycles. The fourth-order valence-electron chi connectivity index (χ4n) is 2.11. The Morgan fingerprint density at radius 3 is 2.65 bits per heavy atom. The third kappa shape index (κ3) is 4.18. The topological polar surface area (TPSA) is 46.3 Å². The molecule has 106 valence electrons. The predicted octanol–water partition coefficient (Wildman–Crippen LogP) is 2.67. The van der Waals surface area contributed by atoms with Crippen LogP contribution >= 0.6 is 11.3 Å². The summed E-state index contributed by atoms with van der Waals surface area (Å²) in [5.74, 6) is 0.00660. The van der Waals surface area contributed by atoms with Gasteiger partial charge in [0.05, 0.1) is 6.04 Å². The summed E-state index contributed by atoms with van der Waals surface area (Å²) < 4.78 is 0. The van der Waals surface area contributed by atoms with E-state index in [1.807, 2.05) is 36.7 Å². The van der Waals surface area contributed by atoms with E-state index in [0.29, 0.717) is 13.0 Å². The van der Waals surface area contributed by atoms with Crippen molar-refractivity contribution in [1.82, 2.24) is 4.90 Å². The van der Waals surface area contributed by atoms with Crippen LogP contribution in [0, 0.1) is 0 Å². The van der Waals surface area contributed by atoms with E-state index in [1.54, 1.807) is 16.2 Å². The summed E-state index contributed by atoms with van der Waals surface area (Å²) in [6.45, 7) is 0.626. The first-order chi connectivity index (χ1) is 9.66. The molecule has 1 atom stereocenters. The Labute approximate surface area is 124 Å². The molecule has 1 aromatic carbocycles. The SMILES string of the molecule is CN(Cc1ccsc1)C(=O)[C@@H](N)CCc1ccccc1. The van der Waals surface area contributed by atoms with E-state index in [0.717, 1.165) is 12.0 Å². The molecular weight excluding hydrogens is 268 g/mol. The van der Waals surface area contributed by atoms with Crippen LogP contribution in [0.2, 0.25) is 0 Å². The van der Waals surface area contributed by atoms with Gasteiger partial charge >= 0.3 is 0 Å². The van der Waals surface area contributed by atoms with Crippen LogP contribution in [0.3, 0.4) is 0 Å². The third-order valence-electron chi connectivity index (χ3n) is 3.28. The van der Waals surface area contributed by atoms with Gasteiger partial charge < -0.3 is 10.6 Å². The molecule has 2 N–H and O–H groups in total. The average Bonchev–Trinajstić information content (AvgIpc) is 2.98. The van der Waals surface area contributed by atoms with Gasteiger partial charge in [0, 0.05) is 13.6 Å². The first-order valence-corrected chi connectivity index (χ1v) is 7.66. The maximum atomic E-state index is 12.2. The lowest BCUT2D eigenvalue weighted by atomic mass is 10.0. The number of nitrogens with two attached hydrogens (primary N) is 1. The molecule has 0 spiro atoms. The van der Waals surface area contributed by atoms with Gasteiger partial charge in [-0.3, -0.25) is 4.79 Å². The fraction of sp³-hybridized carbons (Fsp3) is 0.312. The zero-order valence-corrected chi connectivity index (χ0v) is 12.5. The van der Waals surface area contributed by atoms with Crippen LogP contribution in [0.4, 0.5) is 0 Å². The zero-order chi connectivity index (χ0) is 14.4. The van der Waals surface area contributed by atoms with Gasteiger partial charge in [-0.25, -0.2) is 0 Å². The number of hydrogen-bond acceptors (Lipinski definition) is 3. The van der Waals surface area contributed by atoms with Gasteiger partial charge in [0.15, 0.2) is 0 Å². The Balaban J connectivity index is 1.82. The second-order valence-electron chi connectivity index (χ2n) is 4.96. The van der Waals surface area contributed by atoms with Crippen molar-refractivity contribution in [2.24, 2.45) is 5.73 Å². The van der Waals surface area contributed by atoms with Crippen molar-refractivity contribution in [3.8, 4) is 0 Å². The molecule has 1 heterocycles. The molecule has 3 nitrogen and oxygen atoms in total. The minimum atomic E-state index is -0.432. The highest BCUT2D eigenvalue weighted by Crippen LogP contribution is 2.10. The zero-order valence-electron chi connectivity index (χ0n) is 11.7. The number of nitrogens with zero attached hydrogens (tertiary/aromatic N) is 1. The molecule has 0 saturated heterocycles. The maximum absolute atomic E-state index is 12.2. The van der Waals surface area contributed by atoms with Crippen molar-refractivity contribution in [3.05, 3.63) is 58.3 Å². The highest BCUT2D eigenvalue weighted by Gasteiger charge is 2.18. The van der Waals surface area contributed by atoms with E-state index >= 15 is 0 Å². The van der Waals surface area contributed by atoms with Gasteiger partial charge in [-0.1, -0.05) is 30.3 Å². The van der Waals surface area contributed by atoms with Crippen LogP contribution in [-0.2, 0) is 17.8 Å². The number of hydrogen-bond donors (Lipinski definition) is 1. The maximum Gasteiger partial charge on any atom is 0.239 e. The number of aryl methyl sites for hydroxylation is 1. The van der Waals surface area contributed by atoms with Crippen molar-refractivity contribution in [3.63, 3.8) is 0 Å². The van der Waals surface area contributed by atoms with Gasteiger partial charge in [0.1, 0.15) is 0 Å². The lowest BCUT2D eigenvalue weighted by Gasteiger charge is -2.21. The second-order valence-corrected chi connectivity index (χ2v) is 5.74. The molecule has 0 bridgehead atoms. The number of carbonyl (C=O) groups excluding carboxylic acids is 1. The Kier molecular flexibility index (Phi) is 5.32. The van der Waals surface area contributed by atoms with Gasteiger partial charge in [0.2, 0.25) is 5.91 Å². The quantitative estimate of drug-likeness (QED) is 0.888. The Morgan fingerprint density at radius 1 is 1.25 bits per heavy atom. The number of amides is 1. The Bertz CT molecular complexity index is 525. The van der Waals surface area contributed by atoms with Crippen molar-refractivity contribution in [1.29, 1.82) is 0 Å². The van der Waals surface area contributed by atoms with Crippen LogP contribution in [0.1, 0.15) is 17.5 Å². The summed E-state index contributed by atoms with van der Waals surface area (Å²) in [5, 5.41) is 4.07. The summed E-state index contributed by atoms with van der Waals surface area (Å²) in [7, 11) is 1.81. The van der Waals surface area contributed by atoms with E-state index in [4.69, 9.17) is 5.73 Å². The first-order valence-electron chi connectivity index (χ1n) is 6.72. The summed E-state index contributed by atoms with van der Waals surface area (Å²) in [6.07, 6.45) is 1.51. The molecular formula is C16H20N2OS. The van der Waals surface area contributed by atoms with Gasteiger partial charge in [0.25, 0.3) is 0 Å². The first kappa shape index (κ1) is 14.8. The lowest BCUT2D eigenvalue weighted by molar-refractivity contribution is -0.131. The molecule has 0 aliphatic carbocycles. The molecule has 20 heavy (non-hydrogen) atoms. The van der Waals surface area contributed by atoms with Crippen LogP contribution in [0.5, 0.6) is 0 Å². The summed E-state index contributed by atoms with van der Waals surface area (Å²) in [4.78, 5) is 13.9. The van der Waals surface area contributed by atoms with Crippen molar-refractivity contribution >= 4 is 17.2 Å². The highest BCUT2D eigenvalue weighted by atomic mass is 32.1. The van der Waals surface area contributed by atoms with Crippen LogP contribution in [0.15, 0.2) is 47.2 Å². The third-order valence-corrected chi connectivity index (χ3v) is 4.01. The number of thiophene rings is 1. The van der Waals surface area contributed by atoms with Crippen LogP contribution in [0.25, 0.3) is 0 Å². The largest absolute Gasteiger partial charge is 0.340 e. The monoisotopic (exact) mass is 288 g/mol. The fourth-order valence-corrected chi connectivity index (χ4v) is 2.77. The Morgan fingerprint density at radius 2 is 2.00 bits per heavy atom. The second kappa shape index (κ2) is 7.22. The van der Waals surface area contributed by atoms with E-state index in [2.05, 4.69) is 17.5 Å².